The second kappa shape index (κ2) is 4.29. The van der Waals surface area contributed by atoms with Crippen LogP contribution in [0.5, 0.6) is 0 Å². The van der Waals surface area contributed by atoms with Gasteiger partial charge in [0.25, 0.3) is 0 Å². The summed E-state index contributed by atoms with van der Waals surface area (Å²) in [6, 6.07) is 9.84. The van der Waals surface area contributed by atoms with E-state index in [0.29, 0.717) is 5.15 Å². The van der Waals surface area contributed by atoms with Gasteiger partial charge < -0.3 is 0 Å². The zero-order valence-electron chi connectivity index (χ0n) is 8.04. The van der Waals surface area contributed by atoms with Crippen LogP contribution in [0.25, 0.3) is 11.1 Å². The molecule has 0 atom stereocenters. The Morgan fingerprint density at radius 1 is 1.13 bits per heavy atom. The number of nitrogens with zero attached hydrogens (tertiary/aromatic N) is 2. The van der Waals surface area contributed by atoms with Crippen molar-refractivity contribution in [1.82, 2.24) is 10.2 Å². The molecule has 0 saturated carbocycles. The average molecular weight is 284 g/mol. The van der Waals surface area contributed by atoms with E-state index in [1.807, 2.05) is 37.3 Å². The molecule has 1 heterocycles. The van der Waals surface area contributed by atoms with E-state index in [2.05, 4.69) is 26.1 Å². The fraction of sp³-hybridized carbons (Fsp3) is 0.0909. The molecule has 2 aromatic rings. The van der Waals surface area contributed by atoms with Crippen LogP contribution in [0.2, 0.25) is 5.15 Å². The zero-order valence-corrected chi connectivity index (χ0v) is 10.4. The maximum absolute atomic E-state index is 5.82. The number of hydrogen-bond acceptors (Lipinski definition) is 2. The highest BCUT2D eigenvalue weighted by atomic mass is 79.9. The third-order valence-electron chi connectivity index (χ3n) is 2.10. The molecular weight excluding hydrogens is 275 g/mol. The standard InChI is InChI=1S/C11H8BrClN2/c1-7-10(6-11(13)15-14-7)8-2-4-9(12)5-3-8/h2-6H,1H3. The molecule has 0 aliphatic heterocycles. The molecule has 4 heteroatoms. The van der Waals surface area contributed by atoms with Gasteiger partial charge in [0.2, 0.25) is 0 Å². The van der Waals surface area contributed by atoms with Gasteiger partial charge in [-0.2, -0.15) is 5.10 Å². The monoisotopic (exact) mass is 282 g/mol. The van der Waals surface area contributed by atoms with Gasteiger partial charge in [0.15, 0.2) is 5.15 Å². The normalized spacial score (nSPS) is 10.3. The Morgan fingerprint density at radius 2 is 1.80 bits per heavy atom. The molecule has 0 spiro atoms. The van der Waals surface area contributed by atoms with E-state index in [1.54, 1.807) is 0 Å². The van der Waals surface area contributed by atoms with Crippen LogP contribution in [0.3, 0.4) is 0 Å². The molecule has 0 amide bonds. The second-order valence-corrected chi connectivity index (χ2v) is 4.48. The molecule has 0 saturated heterocycles. The van der Waals surface area contributed by atoms with Crippen LogP contribution in [-0.2, 0) is 0 Å². The third kappa shape index (κ3) is 2.36. The van der Waals surface area contributed by atoms with Crippen molar-refractivity contribution >= 4 is 27.5 Å². The summed E-state index contributed by atoms with van der Waals surface area (Å²) in [6.45, 7) is 1.92. The van der Waals surface area contributed by atoms with Crippen LogP contribution in [0.4, 0.5) is 0 Å². The van der Waals surface area contributed by atoms with Gasteiger partial charge in [-0.1, -0.05) is 39.7 Å². The first-order valence-corrected chi connectivity index (χ1v) is 5.59. The maximum Gasteiger partial charge on any atom is 0.152 e. The lowest BCUT2D eigenvalue weighted by atomic mass is 10.1. The van der Waals surface area contributed by atoms with Crippen LogP contribution in [0.15, 0.2) is 34.8 Å². The first-order chi connectivity index (χ1) is 7.16. The van der Waals surface area contributed by atoms with E-state index >= 15 is 0 Å². The Morgan fingerprint density at radius 3 is 2.47 bits per heavy atom. The smallest absolute Gasteiger partial charge is 0.152 e. The van der Waals surface area contributed by atoms with E-state index in [-0.39, 0.29) is 0 Å². The number of halogens is 2. The van der Waals surface area contributed by atoms with Gasteiger partial charge in [-0.3, -0.25) is 0 Å². The van der Waals surface area contributed by atoms with Crippen molar-refractivity contribution in [1.29, 1.82) is 0 Å². The zero-order chi connectivity index (χ0) is 10.8. The number of aryl methyl sites for hydroxylation is 1. The van der Waals surface area contributed by atoms with Gasteiger partial charge in [-0.15, -0.1) is 5.10 Å². The number of aromatic nitrogens is 2. The first kappa shape index (κ1) is 10.6. The van der Waals surface area contributed by atoms with E-state index in [4.69, 9.17) is 11.6 Å². The molecule has 0 unspecified atom stereocenters. The van der Waals surface area contributed by atoms with Crippen LogP contribution in [0.1, 0.15) is 5.69 Å². The molecule has 76 valence electrons. The quantitative estimate of drug-likeness (QED) is 0.794. The van der Waals surface area contributed by atoms with Crippen LogP contribution < -0.4 is 0 Å². The fourth-order valence-electron chi connectivity index (χ4n) is 1.35. The van der Waals surface area contributed by atoms with Gasteiger partial charge in [0, 0.05) is 10.0 Å². The summed E-state index contributed by atoms with van der Waals surface area (Å²) in [5.41, 5.74) is 2.98. The third-order valence-corrected chi connectivity index (χ3v) is 2.82. The van der Waals surface area contributed by atoms with E-state index < -0.39 is 0 Å². The summed E-state index contributed by atoms with van der Waals surface area (Å²) in [5.74, 6) is 0. The molecule has 0 aliphatic rings. The molecule has 0 bridgehead atoms. The van der Waals surface area contributed by atoms with Gasteiger partial charge in [-0.25, -0.2) is 0 Å². The van der Waals surface area contributed by atoms with Crippen molar-refractivity contribution in [2.45, 2.75) is 6.92 Å². The van der Waals surface area contributed by atoms with Crippen molar-refractivity contribution in [3.63, 3.8) is 0 Å². The Hall–Kier alpha value is -0.930. The summed E-state index contributed by atoms with van der Waals surface area (Å²) in [6.07, 6.45) is 0. The highest BCUT2D eigenvalue weighted by molar-refractivity contribution is 9.10. The second-order valence-electron chi connectivity index (χ2n) is 3.17. The van der Waals surface area contributed by atoms with Crippen molar-refractivity contribution in [2.24, 2.45) is 0 Å². The predicted octanol–water partition coefficient (Wildman–Crippen LogP) is 3.87. The summed E-state index contributed by atoms with van der Waals surface area (Å²) in [7, 11) is 0. The largest absolute Gasteiger partial charge is 0.154 e. The molecular formula is C11H8BrClN2. The topological polar surface area (TPSA) is 25.8 Å². The first-order valence-electron chi connectivity index (χ1n) is 4.42. The molecule has 1 aromatic heterocycles. The van der Waals surface area contributed by atoms with Crippen LogP contribution in [0, 0.1) is 6.92 Å². The summed E-state index contributed by atoms with van der Waals surface area (Å²) in [4.78, 5) is 0. The molecule has 0 fully saturated rings. The molecule has 2 nitrogen and oxygen atoms in total. The van der Waals surface area contributed by atoms with Gasteiger partial charge in [0.1, 0.15) is 0 Å². The Labute approximate surface area is 101 Å². The lowest BCUT2D eigenvalue weighted by Gasteiger charge is -2.04. The Kier molecular flexibility index (Phi) is 3.03. The highest BCUT2D eigenvalue weighted by Crippen LogP contribution is 2.25. The fourth-order valence-corrected chi connectivity index (χ4v) is 1.76. The van der Waals surface area contributed by atoms with Gasteiger partial charge in [-0.05, 0) is 30.7 Å². The van der Waals surface area contributed by atoms with E-state index in [9.17, 15) is 0 Å². The van der Waals surface area contributed by atoms with Crippen molar-refractivity contribution in [3.8, 4) is 11.1 Å². The lowest BCUT2D eigenvalue weighted by molar-refractivity contribution is 0.984. The molecule has 0 aliphatic carbocycles. The molecule has 2 rings (SSSR count). The van der Waals surface area contributed by atoms with Crippen LogP contribution >= 0.6 is 27.5 Å². The molecule has 0 radical (unpaired) electrons. The predicted molar refractivity (Wildman–Crippen MR) is 64.9 cm³/mol. The Bertz CT molecular complexity index is 482. The van der Waals surface area contributed by atoms with Crippen molar-refractivity contribution < 1.29 is 0 Å². The summed E-state index contributed by atoms with van der Waals surface area (Å²) < 4.78 is 1.05. The van der Waals surface area contributed by atoms with Gasteiger partial charge in [0.05, 0.1) is 5.69 Å². The minimum absolute atomic E-state index is 0.415. The maximum atomic E-state index is 5.82. The minimum atomic E-state index is 0.415. The molecule has 0 N–H and O–H groups in total. The SMILES string of the molecule is Cc1nnc(Cl)cc1-c1ccc(Br)cc1. The van der Waals surface area contributed by atoms with Crippen molar-refractivity contribution in [3.05, 3.63) is 45.7 Å². The van der Waals surface area contributed by atoms with Crippen molar-refractivity contribution in [2.75, 3.05) is 0 Å². The van der Waals surface area contributed by atoms with E-state index in [1.165, 1.54) is 0 Å². The Balaban J connectivity index is 2.53. The van der Waals surface area contributed by atoms with E-state index in [0.717, 1.165) is 21.3 Å². The number of rotatable bonds is 1. The van der Waals surface area contributed by atoms with Crippen LogP contribution in [-0.4, -0.2) is 10.2 Å². The highest BCUT2D eigenvalue weighted by Gasteiger charge is 2.04. The number of benzene rings is 1. The molecule has 15 heavy (non-hydrogen) atoms. The lowest BCUT2D eigenvalue weighted by Crippen LogP contribution is -1.91. The summed E-state index contributed by atoms with van der Waals surface area (Å²) in [5, 5.41) is 8.19. The molecule has 1 aromatic carbocycles. The van der Waals surface area contributed by atoms with Gasteiger partial charge >= 0.3 is 0 Å². The summed E-state index contributed by atoms with van der Waals surface area (Å²) >= 11 is 9.21. The average Bonchev–Trinajstić information content (AvgIpc) is 2.23. The number of hydrogen-bond donors (Lipinski definition) is 0. The minimum Gasteiger partial charge on any atom is -0.154 e.